The highest BCUT2D eigenvalue weighted by Crippen LogP contribution is 2.40. The molecule has 1 aliphatic rings. The first-order valence-corrected chi connectivity index (χ1v) is 10.8. The van der Waals surface area contributed by atoms with Crippen molar-refractivity contribution in [2.45, 2.75) is 95.9 Å². The van der Waals surface area contributed by atoms with Crippen molar-refractivity contribution >= 4 is 12.2 Å². The average molecular weight is 475 g/mol. The molecular formula is C23H33F3N2O5. The number of rotatable bonds is 3. The lowest BCUT2D eigenvalue weighted by Gasteiger charge is -2.42. The summed E-state index contributed by atoms with van der Waals surface area (Å²) < 4.78 is 50.1. The van der Waals surface area contributed by atoms with Gasteiger partial charge < -0.3 is 25.2 Å². The van der Waals surface area contributed by atoms with Crippen LogP contribution in [0.25, 0.3) is 0 Å². The van der Waals surface area contributed by atoms with Gasteiger partial charge in [-0.1, -0.05) is 12.1 Å². The first kappa shape index (κ1) is 26.8. The standard InChI is InChI=1S/C23H33F3N2O5/c1-20(2,3)32-18(29)27-16-10-11-22(31,13-17(16)28-19(30)33-21(4,5)6)14-8-7-9-15(12-14)23(24,25)26/h7-9,12,16-17,31H,10-11,13H2,1-6H3,(H,27,29)(H,28,30)/t16-,17?,22+/m0/s1. The fourth-order valence-electron chi connectivity index (χ4n) is 3.69. The lowest BCUT2D eigenvalue weighted by atomic mass is 9.74. The maximum Gasteiger partial charge on any atom is 0.416 e. The molecule has 0 heterocycles. The molecule has 1 aromatic carbocycles. The van der Waals surface area contributed by atoms with Crippen LogP contribution in [0.15, 0.2) is 24.3 Å². The molecule has 0 aromatic heterocycles. The van der Waals surface area contributed by atoms with Crippen LogP contribution in [-0.4, -0.2) is 40.6 Å². The van der Waals surface area contributed by atoms with E-state index >= 15 is 0 Å². The number of ether oxygens (including phenoxy) is 2. The molecule has 1 fully saturated rings. The molecule has 3 N–H and O–H groups in total. The van der Waals surface area contributed by atoms with Gasteiger partial charge in [0, 0.05) is 6.42 Å². The van der Waals surface area contributed by atoms with E-state index in [0.29, 0.717) is 0 Å². The van der Waals surface area contributed by atoms with Crippen molar-refractivity contribution in [3.05, 3.63) is 35.4 Å². The number of hydrogen-bond donors (Lipinski definition) is 3. The Morgan fingerprint density at radius 2 is 1.48 bits per heavy atom. The number of halogens is 3. The smallest absolute Gasteiger partial charge is 0.416 e. The Morgan fingerprint density at radius 3 is 1.97 bits per heavy atom. The van der Waals surface area contributed by atoms with Gasteiger partial charge in [-0.05, 0) is 72.1 Å². The number of carbonyl (C=O) groups is 2. The third-order valence-electron chi connectivity index (χ3n) is 5.04. The van der Waals surface area contributed by atoms with Gasteiger partial charge in [-0.3, -0.25) is 0 Å². The minimum atomic E-state index is -4.56. The molecule has 0 bridgehead atoms. The summed E-state index contributed by atoms with van der Waals surface area (Å²) in [7, 11) is 0. The second-order valence-electron chi connectivity index (χ2n) is 10.4. The summed E-state index contributed by atoms with van der Waals surface area (Å²) >= 11 is 0. The SMILES string of the molecule is CC(C)(C)OC(=O)NC1C[C@@](O)(c2cccc(C(F)(F)F)c2)CC[C@@H]1NC(=O)OC(C)(C)C. The van der Waals surface area contributed by atoms with Gasteiger partial charge in [0.25, 0.3) is 0 Å². The predicted molar refractivity (Wildman–Crippen MR) is 116 cm³/mol. The lowest BCUT2D eigenvalue weighted by Crippen LogP contribution is -2.58. The molecule has 3 atom stereocenters. The van der Waals surface area contributed by atoms with Crippen LogP contribution in [0, 0.1) is 0 Å². The molecule has 10 heteroatoms. The molecule has 0 spiro atoms. The second kappa shape index (κ2) is 9.40. The van der Waals surface area contributed by atoms with Gasteiger partial charge >= 0.3 is 18.4 Å². The fraction of sp³-hybridized carbons (Fsp3) is 0.652. The van der Waals surface area contributed by atoms with Crippen LogP contribution < -0.4 is 10.6 Å². The molecule has 1 unspecified atom stereocenters. The van der Waals surface area contributed by atoms with E-state index in [-0.39, 0.29) is 24.8 Å². The van der Waals surface area contributed by atoms with Gasteiger partial charge in [-0.25, -0.2) is 9.59 Å². The van der Waals surface area contributed by atoms with E-state index in [4.69, 9.17) is 9.47 Å². The second-order valence-corrected chi connectivity index (χ2v) is 10.4. The first-order valence-electron chi connectivity index (χ1n) is 10.8. The number of alkyl halides is 3. The largest absolute Gasteiger partial charge is 0.444 e. The molecule has 186 valence electrons. The summed E-state index contributed by atoms with van der Waals surface area (Å²) in [6.07, 6.45) is -5.90. The van der Waals surface area contributed by atoms with Gasteiger partial charge in [-0.15, -0.1) is 0 Å². The topological polar surface area (TPSA) is 96.9 Å². The minimum absolute atomic E-state index is 0.0707. The molecule has 7 nitrogen and oxygen atoms in total. The summed E-state index contributed by atoms with van der Waals surface area (Å²) in [6.45, 7) is 10.2. The minimum Gasteiger partial charge on any atom is -0.444 e. The van der Waals surface area contributed by atoms with Crippen LogP contribution in [0.5, 0.6) is 0 Å². The molecule has 33 heavy (non-hydrogen) atoms. The molecule has 1 aliphatic carbocycles. The molecule has 1 saturated carbocycles. The maximum absolute atomic E-state index is 13.2. The molecule has 0 aliphatic heterocycles. The monoisotopic (exact) mass is 474 g/mol. The normalized spacial score (nSPS) is 24.1. The van der Waals surface area contributed by atoms with Crippen LogP contribution in [0.4, 0.5) is 22.8 Å². The Balaban J connectivity index is 2.28. The number of alkyl carbamates (subject to hydrolysis) is 2. The summed E-state index contributed by atoms with van der Waals surface area (Å²) in [5, 5.41) is 16.6. The highest BCUT2D eigenvalue weighted by molar-refractivity contribution is 5.70. The van der Waals surface area contributed by atoms with Gasteiger partial charge in [0.1, 0.15) is 11.2 Å². The Hall–Kier alpha value is -2.49. The number of amides is 2. The van der Waals surface area contributed by atoms with Gasteiger partial charge in [0.15, 0.2) is 0 Å². The highest BCUT2D eigenvalue weighted by atomic mass is 19.4. The van der Waals surface area contributed by atoms with Crippen LogP contribution >= 0.6 is 0 Å². The van der Waals surface area contributed by atoms with Crippen LogP contribution in [0.2, 0.25) is 0 Å². The van der Waals surface area contributed by atoms with E-state index in [1.165, 1.54) is 12.1 Å². The molecular weight excluding hydrogens is 441 g/mol. The van der Waals surface area contributed by atoms with E-state index in [1.807, 2.05) is 0 Å². The van der Waals surface area contributed by atoms with Gasteiger partial charge in [0.2, 0.25) is 0 Å². The molecule has 1 aromatic rings. The maximum atomic E-state index is 13.2. The van der Waals surface area contributed by atoms with Crippen molar-refractivity contribution in [3.8, 4) is 0 Å². The number of hydrogen-bond acceptors (Lipinski definition) is 5. The highest BCUT2D eigenvalue weighted by Gasteiger charge is 2.43. The van der Waals surface area contributed by atoms with E-state index in [0.717, 1.165) is 12.1 Å². The van der Waals surface area contributed by atoms with Crippen molar-refractivity contribution in [2.75, 3.05) is 0 Å². The number of nitrogens with one attached hydrogen (secondary N) is 2. The summed E-state index contributed by atoms with van der Waals surface area (Å²) in [4.78, 5) is 24.7. The van der Waals surface area contributed by atoms with E-state index in [9.17, 15) is 27.9 Å². The fourth-order valence-corrected chi connectivity index (χ4v) is 3.69. The number of carbonyl (C=O) groups excluding carboxylic acids is 2. The Bertz CT molecular complexity index is 861. The number of benzene rings is 1. The predicted octanol–water partition coefficient (Wildman–Crippen LogP) is 4.86. The quantitative estimate of drug-likeness (QED) is 0.581. The van der Waals surface area contributed by atoms with Crippen molar-refractivity contribution in [2.24, 2.45) is 0 Å². The van der Waals surface area contributed by atoms with Crippen LogP contribution in [0.3, 0.4) is 0 Å². The Kier molecular flexibility index (Phi) is 7.62. The van der Waals surface area contributed by atoms with Gasteiger partial charge in [-0.2, -0.15) is 13.2 Å². The molecule has 0 radical (unpaired) electrons. The first-order chi connectivity index (χ1) is 14.9. The number of aliphatic hydroxyl groups is 1. The zero-order valence-corrected chi connectivity index (χ0v) is 19.8. The van der Waals surface area contributed by atoms with Crippen molar-refractivity contribution in [3.63, 3.8) is 0 Å². The average Bonchev–Trinajstić information content (AvgIpc) is 2.60. The third kappa shape index (κ3) is 8.10. The molecule has 2 amide bonds. The van der Waals surface area contributed by atoms with E-state index < -0.39 is 52.8 Å². The molecule has 0 saturated heterocycles. The van der Waals surface area contributed by atoms with Crippen LogP contribution in [-0.2, 0) is 21.3 Å². The van der Waals surface area contributed by atoms with Crippen LogP contribution in [0.1, 0.15) is 71.9 Å². The summed E-state index contributed by atoms with van der Waals surface area (Å²) in [5.41, 5.74) is -3.97. The molecule has 2 rings (SSSR count). The summed E-state index contributed by atoms with van der Waals surface area (Å²) in [6, 6.07) is 3.04. The Morgan fingerprint density at radius 1 is 0.970 bits per heavy atom. The van der Waals surface area contributed by atoms with Crippen molar-refractivity contribution < 1.29 is 37.3 Å². The zero-order valence-electron chi connectivity index (χ0n) is 19.8. The van der Waals surface area contributed by atoms with E-state index in [1.54, 1.807) is 41.5 Å². The van der Waals surface area contributed by atoms with Crippen molar-refractivity contribution in [1.29, 1.82) is 0 Å². The van der Waals surface area contributed by atoms with Crippen molar-refractivity contribution in [1.82, 2.24) is 10.6 Å². The summed E-state index contributed by atoms with van der Waals surface area (Å²) in [5.74, 6) is 0. The third-order valence-corrected chi connectivity index (χ3v) is 5.04. The zero-order chi connectivity index (χ0) is 25.2. The Labute approximate surface area is 192 Å². The van der Waals surface area contributed by atoms with Gasteiger partial charge in [0.05, 0.1) is 23.2 Å². The van der Waals surface area contributed by atoms with E-state index in [2.05, 4.69) is 10.6 Å². The lowest BCUT2D eigenvalue weighted by molar-refractivity contribution is -0.137.